The standard InChI is InChI=1S/C15H26N2O4/c1-15(13(18)19)5-8-17(9-6-15)14(20)16-7-4-12-3-2-10-21-11-12/h12H,2-11H2,1H3,(H,16,20)(H,18,19). The summed E-state index contributed by atoms with van der Waals surface area (Å²) in [6.45, 7) is 5.12. The first-order valence-electron chi connectivity index (χ1n) is 7.85. The minimum atomic E-state index is -0.764. The van der Waals surface area contributed by atoms with Crippen molar-refractivity contribution in [1.82, 2.24) is 10.2 Å². The van der Waals surface area contributed by atoms with Gasteiger partial charge in [-0.2, -0.15) is 0 Å². The summed E-state index contributed by atoms with van der Waals surface area (Å²) in [4.78, 5) is 24.9. The third kappa shape index (κ3) is 4.33. The number of ether oxygens (including phenoxy) is 1. The summed E-state index contributed by atoms with van der Waals surface area (Å²) < 4.78 is 5.42. The van der Waals surface area contributed by atoms with E-state index < -0.39 is 11.4 Å². The summed E-state index contributed by atoms with van der Waals surface area (Å²) in [5.74, 6) is -0.212. The van der Waals surface area contributed by atoms with Crippen molar-refractivity contribution in [3.05, 3.63) is 0 Å². The monoisotopic (exact) mass is 298 g/mol. The van der Waals surface area contributed by atoms with Gasteiger partial charge in [-0.3, -0.25) is 4.79 Å². The van der Waals surface area contributed by atoms with Crippen LogP contribution in [-0.4, -0.2) is 54.9 Å². The van der Waals surface area contributed by atoms with E-state index in [0.29, 0.717) is 38.4 Å². The van der Waals surface area contributed by atoms with E-state index in [1.165, 1.54) is 6.42 Å². The molecule has 0 aromatic heterocycles. The molecule has 0 aromatic carbocycles. The van der Waals surface area contributed by atoms with Crippen LogP contribution in [0, 0.1) is 11.3 Å². The zero-order chi connectivity index (χ0) is 15.3. The molecular weight excluding hydrogens is 272 g/mol. The van der Waals surface area contributed by atoms with E-state index in [2.05, 4.69) is 5.32 Å². The number of urea groups is 1. The SMILES string of the molecule is CC1(C(=O)O)CCN(C(=O)NCCC2CCCOC2)CC1. The van der Waals surface area contributed by atoms with Gasteiger partial charge in [0, 0.05) is 32.8 Å². The molecule has 0 aromatic rings. The summed E-state index contributed by atoms with van der Waals surface area (Å²) in [6, 6.07) is -0.0702. The highest BCUT2D eigenvalue weighted by atomic mass is 16.5. The molecule has 1 atom stereocenters. The van der Waals surface area contributed by atoms with Crippen molar-refractivity contribution in [1.29, 1.82) is 0 Å². The molecule has 0 bridgehead atoms. The number of rotatable bonds is 4. The fourth-order valence-corrected chi connectivity index (χ4v) is 2.95. The number of carbonyl (C=O) groups excluding carboxylic acids is 1. The molecule has 21 heavy (non-hydrogen) atoms. The molecule has 0 radical (unpaired) electrons. The minimum Gasteiger partial charge on any atom is -0.481 e. The van der Waals surface area contributed by atoms with Crippen LogP contribution in [0.15, 0.2) is 0 Å². The Labute approximate surface area is 125 Å². The molecule has 2 aliphatic rings. The fraction of sp³-hybridized carbons (Fsp3) is 0.867. The summed E-state index contributed by atoms with van der Waals surface area (Å²) in [5, 5.41) is 12.1. The van der Waals surface area contributed by atoms with Crippen molar-refractivity contribution in [2.75, 3.05) is 32.8 Å². The molecular formula is C15H26N2O4. The van der Waals surface area contributed by atoms with Gasteiger partial charge in [0.1, 0.15) is 0 Å². The van der Waals surface area contributed by atoms with Gasteiger partial charge in [0.2, 0.25) is 0 Å². The maximum absolute atomic E-state index is 12.1. The molecule has 6 heteroatoms. The smallest absolute Gasteiger partial charge is 0.317 e. The molecule has 6 nitrogen and oxygen atoms in total. The molecule has 2 aliphatic heterocycles. The Hall–Kier alpha value is -1.30. The average Bonchev–Trinajstić information content (AvgIpc) is 2.49. The first-order valence-corrected chi connectivity index (χ1v) is 7.85. The van der Waals surface area contributed by atoms with Crippen molar-refractivity contribution >= 4 is 12.0 Å². The highest BCUT2D eigenvalue weighted by Gasteiger charge is 2.37. The van der Waals surface area contributed by atoms with Gasteiger partial charge in [-0.1, -0.05) is 0 Å². The summed E-state index contributed by atoms with van der Waals surface area (Å²) in [5.41, 5.74) is -0.684. The molecule has 2 saturated heterocycles. The van der Waals surface area contributed by atoms with Crippen LogP contribution in [0.3, 0.4) is 0 Å². The van der Waals surface area contributed by atoms with Gasteiger partial charge in [-0.25, -0.2) is 4.79 Å². The largest absolute Gasteiger partial charge is 0.481 e. The maximum atomic E-state index is 12.1. The van der Waals surface area contributed by atoms with Crippen molar-refractivity contribution in [2.45, 2.75) is 39.0 Å². The van der Waals surface area contributed by atoms with E-state index in [9.17, 15) is 14.7 Å². The van der Waals surface area contributed by atoms with Crippen LogP contribution in [0.2, 0.25) is 0 Å². The normalized spacial score (nSPS) is 25.4. The Balaban J connectivity index is 1.66. The lowest BCUT2D eigenvalue weighted by molar-refractivity contribution is -0.150. The van der Waals surface area contributed by atoms with Crippen molar-refractivity contribution < 1.29 is 19.4 Å². The van der Waals surface area contributed by atoms with Crippen molar-refractivity contribution in [3.63, 3.8) is 0 Å². The van der Waals surface area contributed by atoms with E-state index in [4.69, 9.17) is 4.74 Å². The number of piperidine rings is 1. The predicted molar refractivity (Wildman–Crippen MR) is 78.1 cm³/mol. The first-order chi connectivity index (χ1) is 10.0. The van der Waals surface area contributed by atoms with Crippen LogP contribution in [0.1, 0.15) is 39.0 Å². The maximum Gasteiger partial charge on any atom is 0.317 e. The van der Waals surface area contributed by atoms with Crippen LogP contribution in [0.4, 0.5) is 4.79 Å². The van der Waals surface area contributed by atoms with Crippen LogP contribution in [-0.2, 0) is 9.53 Å². The summed E-state index contributed by atoms with van der Waals surface area (Å²) in [6.07, 6.45) is 4.28. The molecule has 2 rings (SSSR count). The lowest BCUT2D eigenvalue weighted by Gasteiger charge is -2.36. The molecule has 2 fully saturated rings. The van der Waals surface area contributed by atoms with E-state index in [1.807, 2.05) is 0 Å². The average molecular weight is 298 g/mol. The van der Waals surface area contributed by atoms with Gasteiger partial charge in [0.25, 0.3) is 0 Å². The zero-order valence-electron chi connectivity index (χ0n) is 12.8. The number of nitrogens with one attached hydrogen (secondary N) is 1. The molecule has 0 spiro atoms. The van der Waals surface area contributed by atoms with E-state index in [1.54, 1.807) is 11.8 Å². The number of nitrogens with zero attached hydrogens (tertiary/aromatic N) is 1. The Morgan fingerprint density at radius 3 is 2.67 bits per heavy atom. The van der Waals surface area contributed by atoms with E-state index in [0.717, 1.165) is 26.1 Å². The van der Waals surface area contributed by atoms with Gasteiger partial charge in [0.05, 0.1) is 5.41 Å². The van der Waals surface area contributed by atoms with Crippen molar-refractivity contribution in [3.8, 4) is 0 Å². The van der Waals surface area contributed by atoms with Gasteiger partial charge in [0.15, 0.2) is 0 Å². The number of amides is 2. The molecule has 2 heterocycles. The van der Waals surface area contributed by atoms with E-state index >= 15 is 0 Å². The third-order valence-corrected chi connectivity index (χ3v) is 4.75. The van der Waals surface area contributed by atoms with Crippen LogP contribution >= 0.6 is 0 Å². The second-order valence-corrected chi connectivity index (χ2v) is 6.46. The number of carbonyl (C=O) groups is 2. The number of carboxylic acids is 1. The van der Waals surface area contributed by atoms with Gasteiger partial charge < -0.3 is 20.1 Å². The molecule has 2 amide bonds. The lowest BCUT2D eigenvalue weighted by atomic mass is 9.80. The highest BCUT2D eigenvalue weighted by Crippen LogP contribution is 2.30. The zero-order valence-corrected chi connectivity index (χ0v) is 12.8. The van der Waals surface area contributed by atoms with Gasteiger partial charge in [-0.05, 0) is 44.9 Å². The quantitative estimate of drug-likeness (QED) is 0.828. The van der Waals surface area contributed by atoms with Gasteiger partial charge in [-0.15, -0.1) is 0 Å². The van der Waals surface area contributed by atoms with Crippen LogP contribution in [0.5, 0.6) is 0 Å². The van der Waals surface area contributed by atoms with Crippen molar-refractivity contribution in [2.24, 2.45) is 11.3 Å². The number of hydrogen-bond acceptors (Lipinski definition) is 3. The molecule has 120 valence electrons. The second kappa shape index (κ2) is 7.11. The minimum absolute atomic E-state index is 0.0702. The summed E-state index contributed by atoms with van der Waals surface area (Å²) >= 11 is 0. The summed E-state index contributed by atoms with van der Waals surface area (Å²) in [7, 11) is 0. The number of likely N-dealkylation sites (tertiary alicyclic amines) is 1. The fourth-order valence-electron chi connectivity index (χ4n) is 2.95. The topological polar surface area (TPSA) is 78.9 Å². The van der Waals surface area contributed by atoms with Gasteiger partial charge >= 0.3 is 12.0 Å². The van der Waals surface area contributed by atoms with E-state index in [-0.39, 0.29) is 6.03 Å². The second-order valence-electron chi connectivity index (χ2n) is 6.46. The predicted octanol–water partition coefficient (Wildman–Crippen LogP) is 1.70. The Morgan fingerprint density at radius 2 is 2.10 bits per heavy atom. The Morgan fingerprint density at radius 1 is 1.38 bits per heavy atom. The lowest BCUT2D eigenvalue weighted by Crippen LogP contribution is -2.49. The molecule has 1 unspecified atom stereocenters. The third-order valence-electron chi connectivity index (χ3n) is 4.75. The Bertz CT molecular complexity index is 372. The molecule has 0 aliphatic carbocycles. The highest BCUT2D eigenvalue weighted by molar-refractivity contribution is 5.76. The number of aliphatic carboxylic acids is 1. The molecule has 0 saturated carbocycles. The first kappa shape index (κ1) is 16.1. The number of hydrogen-bond donors (Lipinski definition) is 2. The number of carboxylic acid groups (broad SMARTS) is 1. The molecule has 2 N–H and O–H groups in total. The Kier molecular flexibility index (Phi) is 5.45. The van der Waals surface area contributed by atoms with Crippen LogP contribution < -0.4 is 5.32 Å². The van der Waals surface area contributed by atoms with Crippen LogP contribution in [0.25, 0.3) is 0 Å².